The molecule has 4 rings (SSSR count). The molecule has 4 nitrogen and oxygen atoms in total. The van der Waals surface area contributed by atoms with Gasteiger partial charge in [0.2, 0.25) is 0 Å². The molecule has 0 aliphatic heterocycles. The Morgan fingerprint density at radius 2 is 1.82 bits per heavy atom. The molecule has 0 bridgehead atoms. The van der Waals surface area contributed by atoms with E-state index in [0.29, 0.717) is 28.0 Å². The van der Waals surface area contributed by atoms with Crippen molar-refractivity contribution in [2.24, 2.45) is 0 Å². The van der Waals surface area contributed by atoms with Gasteiger partial charge in [-0.25, -0.2) is 14.4 Å². The lowest BCUT2D eigenvalue weighted by Crippen LogP contribution is -2.08. The maximum absolute atomic E-state index is 14.9. The van der Waals surface area contributed by atoms with Crippen molar-refractivity contribution in [2.45, 2.75) is 19.6 Å². The van der Waals surface area contributed by atoms with E-state index < -0.39 is 25.5 Å². The minimum Gasteiger partial charge on any atom is -0.378 e. The largest absolute Gasteiger partial charge is 0.416 e. The van der Waals surface area contributed by atoms with Crippen LogP contribution in [-0.2, 0) is 12.7 Å². The first-order valence-corrected chi connectivity index (χ1v) is 12.9. The lowest BCUT2D eigenvalue weighted by molar-refractivity contribution is -0.137. The highest BCUT2D eigenvalue weighted by Crippen LogP contribution is 2.35. The molecule has 0 aliphatic carbocycles. The van der Waals surface area contributed by atoms with Gasteiger partial charge in [-0.05, 0) is 50.1 Å². The molecule has 0 atom stereocenters. The van der Waals surface area contributed by atoms with Crippen LogP contribution < -0.4 is 10.8 Å². The Kier molecular flexibility index (Phi) is 6.74. The van der Waals surface area contributed by atoms with Gasteiger partial charge in [0, 0.05) is 24.4 Å². The third-order valence-corrected chi connectivity index (χ3v) is 6.86. The molecule has 0 saturated heterocycles. The molecule has 0 amide bonds. The normalized spacial score (nSPS) is 11.9. The number of alkyl halides is 3. The first-order valence-electron chi connectivity index (χ1n) is 10.2. The summed E-state index contributed by atoms with van der Waals surface area (Å²) in [6, 6.07) is 9.89. The maximum Gasteiger partial charge on any atom is 0.416 e. The predicted octanol–water partition coefficient (Wildman–Crippen LogP) is 6.79. The predicted molar refractivity (Wildman–Crippen MR) is 130 cm³/mol. The van der Waals surface area contributed by atoms with Crippen molar-refractivity contribution in [3.05, 3.63) is 76.3 Å². The number of hydrogen-bond acceptors (Lipinski definition) is 4. The molecule has 0 saturated carbocycles. The second kappa shape index (κ2) is 9.43. The molecule has 1 aromatic carbocycles. The Labute approximate surface area is 200 Å². The minimum absolute atomic E-state index is 0.0589. The SMILES string of the molecule is Cc1nc2cc(F)c(-c3ccc(P(C)C)nc3)nc2c(NCc2cccc(C(F)(F)F)c2)c1Cl. The Morgan fingerprint density at radius 1 is 1.06 bits per heavy atom. The summed E-state index contributed by atoms with van der Waals surface area (Å²) < 4.78 is 54.2. The van der Waals surface area contributed by atoms with Crippen molar-refractivity contribution in [3.63, 3.8) is 0 Å². The summed E-state index contributed by atoms with van der Waals surface area (Å²) in [4.78, 5) is 13.2. The van der Waals surface area contributed by atoms with E-state index in [4.69, 9.17) is 11.6 Å². The van der Waals surface area contributed by atoms with Gasteiger partial charge in [0.15, 0.2) is 5.82 Å². The maximum atomic E-state index is 14.9. The van der Waals surface area contributed by atoms with E-state index in [1.54, 1.807) is 25.3 Å². The average molecular weight is 507 g/mol. The van der Waals surface area contributed by atoms with Crippen molar-refractivity contribution >= 4 is 41.7 Å². The first-order chi connectivity index (χ1) is 16.0. The fourth-order valence-corrected chi connectivity index (χ4v) is 4.33. The summed E-state index contributed by atoms with van der Waals surface area (Å²) in [5.74, 6) is -0.560. The number of anilines is 1. The average Bonchev–Trinajstić information content (AvgIpc) is 2.79. The molecule has 0 fully saturated rings. The van der Waals surface area contributed by atoms with E-state index in [1.807, 2.05) is 6.07 Å². The van der Waals surface area contributed by atoms with Crippen LogP contribution >= 0.6 is 19.5 Å². The summed E-state index contributed by atoms with van der Waals surface area (Å²) in [5.41, 5.74) is 2.61. The zero-order valence-corrected chi connectivity index (χ0v) is 20.2. The van der Waals surface area contributed by atoms with E-state index in [0.717, 1.165) is 17.6 Å². The van der Waals surface area contributed by atoms with Crippen molar-refractivity contribution in [1.29, 1.82) is 0 Å². The van der Waals surface area contributed by atoms with Gasteiger partial charge in [-0.15, -0.1) is 0 Å². The molecule has 0 aliphatic rings. The fraction of sp³-hybridized carbons (Fsp3) is 0.208. The molecule has 0 spiro atoms. The molecular weight excluding hydrogens is 487 g/mol. The van der Waals surface area contributed by atoms with Crippen LogP contribution in [0.1, 0.15) is 16.8 Å². The van der Waals surface area contributed by atoms with Crippen molar-refractivity contribution < 1.29 is 17.6 Å². The number of aromatic nitrogens is 3. The van der Waals surface area contributed by atoms with Crippen LogP contribution in [0, 0.1) is 12.7 Å². The van der Waals surface area contributed by atoms with Crippen LogP contribution in [0.4, 0.5) is 23.2 Å². The summed E-state index contributed by atoms with van der Waals surface area (Å²) in [7, 11) is -0.396. The Balaban J connectivity index is 1.75. The van der Waals surface area contributed by atoms with E-state index >= 15 is 0 Å². The van der Waals surface area contributed by atoms with Crippen molar-refractivity contribution in [2.75, 3.05) is 18.6 Å². The number of hydrogen-bond donors (Lipinski definition) is 1. The number of aryl methyl sites for hydroxylation is 1. The fourth-order valence-electron chi connectivity index (χ4n) is 3.47. The van der Waals surface area contributed by atoms with Gasteiger partial charge < -0.3 is 5.32 Å². The number of rotatable bonds is 5. The van der Waals surface area contributed by atoms with Gasteiger partial charge in [-0.3, -0.25) is 4.98 Å². The molecule has 0 radical (unpaired) electrons. The lowest BCUT2D eigenvalue weighted by atomic mass is 10.1. The summed E-state index contributed by atoms with van der Waals surface area (Å²) >= 11 is 6.49. The summed E-state index contributed by atoms with van der Waals surface area (Å²) in [6.45, 7) is 5.87. The molecule has 0 unspecified atom stereocenters. The van der Waals surface area contributed by atoms with E-state index in [9.17, 15) is 17.6 Å². The quantitative estimate of drug-likeness (QED) is 0.239. The van der Waals surface area contributed by atoms with Crippen LogP contribution in [0.2, 0.25) is 5.02 Å². The third kappa shape index (κ3) is 4.98. The van der Waals surface area contributed by atoms with Gasteiger partial charge >= 0.3 is 6.18 Å². The molecule has 1 N–H and O–H groups in total. The van der Waals surface area contributed by atoms with Gasteiger partial charge in [0.25, 0.3) is 0 Å². The number of benzene rings is 1. The zero-order chi connectivity index (χ0) is 24.6. The molecular formula is C24H20ClF4N4P. The number of nitrogens with zero attached hydrogens (tertiary/aromatic N) is 3. The van der Waals surface area contributed by atoms with Crippen LogP contribution in [0.15, 0.2) is 48.7 Å². The zero-order valence-electron chi connectivity index (χ0n) is 18.5. The Hall–Kier alpha value is -2.83. The monoisotopic (exact) mass is 506 g/mol. The minimum atomic E-state index is -4.44. The highest BCUT2D eigenvalue weighted by Gasteiger charge is 2.30. The number of nitrogens with one attached hydrogen (secondary N) is 1. The topological polar surface area (TPSA) is 50.7 Å². The lowest BCUT2D eigenvalue weighted by Gasteiger charge is -2.15. The smallest absolute Gasteiger partial charge is 0.378 e. The Morgan fingerprint density at radius 3 is 2.47 bits per heavy atom. The molecule has 34 heavy (non-hydrogen) atoms. The number of halogens is 5. The highest BCUT2D eigenvalue weighted by molar-refractivity contribution is 7.63. The second-order valence-electron chi connectivity index (χ2n) is 7.92. The molecule has 3 heterocycles. The Bertz CT molecular complexity index is 1360. The van der Waals surface area contributed by atoms with Gasteiger partial charge in [-0.2, -0.15) is 13.2 Å². The molecule has 3 aromatic heterocycles. The van der Waals surface area contributed by atoms with Gasteiger partial charge in [0.05, 0.1) is 32.9 Å². The molecule has 10 heteroatoms. The number of pyridine rings is 3. The third-order valence-electron chi connectivity index (χ3n) is 5.22. The summed E-state index contributed by atoms with van der Waals surface area (Å²) in [6.07, 6.45) is -2.87. The number of fused-ring (bicyclic) bond motifs is 1. The van der Waals surface area contributed by atoms with E-state index in [2.05, 4.69) is 33.6 Å². The second-order valence-corrected chi connectivity index (χ2v) is 10.5. The first kappa shape index (κ1) is 24.3. The van der Waals surface area contributed by atoms with Crippen molar-refractivity contribution in [3.8, 4) is 11.3 Å². The molecule has 176 valence electrons. The van der Waals surface area contributed by atoms with Crippen LogP contribution in [0.25, 0.3) is 22.3 Å². The standard InChI is InChI=1S/C24H20ClF4N4P/c1-13-20(25)23(31-11-14-5-4-6-16(9-14)24(27,28)29)22-18(32-13)10-17(26)21(33-22)15-7-8-19(30-12-15)34(2)3/h4-10,12H,11H2,1-3H3,(H,31,32). The van der Waals surface area contributed by atoms with Gasteiger partial charge in [-0.1, -0.05) is 31.7 Å². The van der Waals surface area contributed by atoms with E-state index in [-0.39, 0.29) is 22.8 Å². The highest BCUT2D eigenvalue weighted by atomic mass is 35.5. The van der Waals surface area contributed by atoms with Crippen molar-refractivity contribution in [1.82, 2.24) is 15.0 Å². The van der Waals surface area contributed by atoms with Crippen LogP contribution in [-0.4, -0.2) is 28.3 Å². The summed E-state index contributed by atoms with van der Waals surface area (Å²) in [5, 5.41) is 3.34. The van der Waals surface area contributed by atoms with E-state index in [1.165, 1.54) is 12.1 Å². The van der Waals surface area contributed by atoms with Crippen LogP contribution in [0.3, 0.4) is 0 Å². The van der Waals surface area contributed by atoms with Gasteiger partial charge in [0.1, 0.15) is 11.2 Å². The molecule has 4 aromatic rings. The van der Waals surface area contributed by atoms with Crippen LogP contribution in [0.5, 0.6) is 0 Å².